The van der Waals surface area contributed by atoms with Crippen LogP contribution >= 0.6 is 0 Å². The molecule has 13 rings (SSSR count). The Hall–Kier alpha value is -8.28. The van der Waals surface area contributed by atoms with Crippen LogP contribution in [0.1, 0.15) is 0 Å². The molecule has 0 saturated heterocycles. The fraction of sp³-hybridized carbons (Fsp3) is 0. The first-order chi connectivity index (χ1) is 30.3. The lowest BCUT2D eigenvalue weighted by Crippen LogP contribution is -1.98. The van der Waals surface area contributed by atoms with Gasteiger partial charge in [-0.05, 0) is 60.2 Å². The highest BCUT2D eigenvalue weighted by Crippen LogP contribution is 2.45. The van der Waals surface area contributed by atoms with E-state index >= 15 is 0 Å². The first-order valence-corrected chi connectivity index (χ1v) is 20.7. The molecule has 0 aliphatic rings. The van der Waals surface area contributed by atoms with E-state index in [9.17, 15) is 0 Å². The third kappa shape index (κ3) is 5.01. The number of fused-ring (bicyclic) bond motifs is 11. The van der Waals surface area contributed by atoms with Crippen molar-refractivity contribution in [3.05, 3.63) is 206 Å². The summed E-state index contributed by atoms with van der Waals surface area (Å²) in [6, 6.07) is 73.0. The maximum atomic E-state index is 7.02. The number of furan rings is 1. The summed E-state index contributed by atoms with van der Waals surface area (Å²) in [6.07, 6.45) is 0. The van der Waals surface area contributed by atoms with E-state index in [0.29, 0.717) is 5.82 Å². The molecule has 61 heavy (non-hydrogen) atoms. The van der Waals surface area contributed by atoms with Crippen molar-refractivity contribution >= 4 is 76.5 Å². The molecule has 0 N–H and O–H groups in total. The molecule has 0 aliphatic carbocycles. The lowest BCUT2D eigenvalue weighted by Gasteiger charge is -2.12. The molecule has 0 spiro atoms. The van der Waals surface area contributed by atoms with E-state index in [-0.39, 0.29) is 0 Å². The van der Waals surface area contributed by atoms with Crippen LogP contribution in [0.4, 0.5) is 0 Å². The van der Waals surface area contributed by atoms with Crippen molar-refractivity contribution in [2.75, 3.05) is 0 Å². The molecule has 5 heteroatoms. The van der Waals surface area contributed by atoms with Gasteiger partial charge in [0.1, 0.15) is 11.2 Å². The summed E-state index contributed by atoms with van der Waals surface area (Å²) >= 11 is 0. The normalized spacial score (nSPS) is 11.9. The summed E-state index contributed by atoms with van der Waals surface area (Å²) in [6.45, 7) is 0. The van der Waals surface area contributed by atoms with Crippen molar-refractivity contribution in [3.8, 4) is 45.1 Å². The number of rotatable bonds is 5. The molecule has 4 heterocycles. The van der Waals surface area contributed by atoms with Gasteiger partial charge in [0.2, 0.25) is 0 Å². The minimum absolute atomic E-state index is 0.637. The number of aromatic nitrogens is 4. The summed E-state index contributed by atoms with van der Waals surface area (Å²) in [4.78, 5) is 10.3. The Labute approximate surface area is 350 Å². The van der Waals surface area contributed by atoms with Gasteiger partial charge in [0, 0.05) is 60.2 Å². The Morgan fingerprint density at radius 3 is 1.59 bits per heavy atom. The Balaban J connectivity index is 1.06. The van der Waals surface area contributed by atoms with Gasteiger partial charge in [-0.15, -0.1) is 0 Å². The molecule has 0 amide bonds. The summed E-state index contributed by atoms with van der Waals surface area (Å²) < 4.78 is 11.9. The molecule has 0 aliphatic heterocycles. The van der Waals surface area contributed by atoms with Gasteiger partial charge >= 0.3 is 0 Å². The number of nitrogens with zero attached hydrogens (tertiary/aromatic N) is 4. The number of hydrogen-bond acceptors (Lipinski definition) is 3. The molecule has 4 aromatic heterocycles. The van der Waals surface area contributed by atoms with Crippen molar-refractivity contribution in [2.24, 2.45) is 0 Å². The Kier molecular flexibility index (Phi) is 7.24. The fourth-order valence-corrected chi connectivity index (χ4v) is 9.65. The molecule has 0 saturated carbocycles. The van der Waals surface area contributed by atoms with Gasteiger partial charge in [0.05, 0.1) is 38.8 Å². The third-order valence-corrected chi connectivity index (χ3v) is 12.3. The van der Waals surface area contributed by atoms with Crippen molar-refractivity contribution in [3.63, 3.8) is 0 Å². The summed E-state index contributed by atoms with van der Waals surface area (Å²) in [7, 11) is 0. The van der Waals surface area contributed by atoms with Gasteiger partial charge < -0.3 is 13.6 Å². The minimum atomic E-state index is 0.637. The van der Waals surface area contributed by atoms with Crippen molar-refractivity contribution in [2.45, 2.75) is 0 Å². The molecule has 9 aromatic carbocycles. The molecular weight excluding hydrogens is 745 g/mol. The van der Waals surface area contributed by atoms with Crippen molar-refractivity contribution < 1.29 is 4.42 Å². The van der Waals surface area contributed by atoms with Crippen LogP contribution in [0.25, 0.3) is 122 Å². The largest absolute Gasteiger partial charge is 0.455 e. The van der Waals surface area contributed by atoms with Crippen LogP contribution in [0.2, 0.25) is 0 Å². The molecule has 0 atom stereocenters. The lowest BCUT2D eigenvalue weighted by molar-refractivity contribution is 0.670. The van der Waals surface area contributed by atoms with Crippen LogP contribution in [0.3, 0.4) is 0 Å². The van der Waals surface area contributed by atoms with E-state index in [1.165, 1.54) is 38.1 Å². The van der Waals surface area contributed by atoms with E-state index in [0.717, 1.165) is 77.7 Å². The smallest absolute Gasteiger partial charge is 0.164 e. The first-order valence-electron chi connectivity index (χ1n) is 20.7. The molecule has 0 unspecified atom stereocenters. The van der Waals surface area contributed by atoms with Crippen molar-refractivity contribution in [1.29, 1.82) is 0 Å². The zero-order chi connectivity index (χ0) is 40.0. The fourth-order valence-electron chi connectivity index (χ4n) is 9.65. The van der Waals surface area contributed by atoms with Gasteiger partial charge in [0.25, 0.3) is 0 Å². The van der Waals surface area contributed by atoms with Crippen molar-refractivity contribution in [1.82, 2.24) is 19.1 Å². The molecular formula is C56H34N4O. The maximum Gasteiger partial charge on any atom is 0.164 e. The second kappa shape index (κ2) is 13.1. The Morgan fingerprint density at radius 2 is 0.885 bits per heavy atom. The Bertz CT molecular complexity index is 3860. The van der Waals surface area contributed by atoms with E-state index in [2.05, 4.69) is 197 Å². The molecule has 284 valence electrons. The van der Waals surface area contributed by atoms with Crippen LogP contribution in [-0.4, -0.2) is 19.1 Å². The average Bonchev–Trinajstić information content (AvgIpc) is 4.00. The lowest BCUT2D eigenvalue weighted by atomic mass is 9.99. The zero-order valence-corrected chi connectivity index (χ0v) is 32.8. The van der Waals surface area contributed by atoms with E-state index in [1.54, 1.807) is 0 Å². The summed E-state index contributed by atoms with van der Waals surface area (Å²) in [5, 5.41) is 7.92. The molecule has 0 radical (unpaired) electrons. The summed E-state index contributed by atoms with van der Waals surface area (Å²) in [5.74, 6) is 0.637. The monoisotopic (exact) mass is 778 g/mol. The Morgan fingerprint density at radius 1 is 0.344 bits per heavy atom. The first kappa shape index (κ1) is 33.7. The minimum Gasteiger partial charge on any atom is -0.455 e. The van der Waals surface area contributed by atoms with Gasteiger partial charge in [-0.2, -0.15) is 0 Å². The van der Waals surface area contributed by atoms with Crippen LogP contribution in [0.15, 0.2) is 211 Å². The van der Waals surface area contributed by atoms with Crippen LogP contribution < -0.4 is 0 Å². The van der Waals surface area contributed by atoms with Crippen LogP contribution in [0.5, 0.6) is 0 Å². The molecule has 0 bridgehead atoms. The van der Waals surface area contributed by atoms with Crippen LogP contribution in [-0.2, 0) is 0 Å². The van der Waals surface area contributed by atoms with Gasteiger partial charge in [-0.25, -0.2) is 9.97 Å². The molecule has 13 aromatic rings. The zero-order valence-electron chi connectivity index (χ0n) is 32.8. The maximum absolute atomic E-state index is 7.02. The quantitative estimate of drug-likeness (QED) is 0.175. The highest BCUT2D eigenvalue weighted by atomic mass is 16.3. The van der Waals surface area contributed by atoms with Crippen LogP contribution in [0, 0.1) is 0 Å². The van der Waals surface area contributed by atoms with E-state index in [1.807, 2.05) is 18.2 Å². The predicted octanol–water partition coefficient (Wildman–Crippen LogP) is 14.7. The number of benzene rings is 9. The third-order valence-electron chi connectivity index (χ3n) is 12.3. The second-order valence-corrected chi connectivity index (χ2v) is 15.7. The van der Waals surface area contributed by atoms with Gasteiger partial charge in [-0.3, -0.25) is 0 Å². The average molecular weight is 779 g/mol. The molecule has 0 fully saturated rings. The number of para-hydroxylation sites is 6. The highest BCUT2D eigenvalue weighted by molar-refractivity contribution is 6.24. The van der Waals surface area contributed by atoms with Gasteiger partial charge in [0.15, 0.2) is 5.82 Å². The number of hydrogen-bond donors (Lipinski definition) is 0. The highest BCUT2D eigenvalue weighted by Gasteiger charge is 2.23. The predicted molar refractivity (Wildman–Crippen MR) is 252 cm³/mol. The van der Waals surface area contributed by atoms with E-state index < -0.39 is 0 Å². The molecule has 5 nitrogen and oxygen atoms in total. The van der Waals surface area contributed by atoms with Gasteiger partial charge in [-0.1, -0.05) is 152 Å². The summed E-state index contributed by atoms with van der Waals surface area (Å²) in [5.41, 5.74) is 14.4. The second-order valence-electron chi connectivity index (χ2n) is 15.7. The van der Waals surface area contributed by atoms with E-state index in [4.69, 9.17) is 14.4 Å². The SMILES string of the molecule is c1ccc(-c2nc(-c3cccc4c3oc3c(-c5ccc6c(c5)c5ccc7c8ccccc8n(-c8ccccc8)c7c5n6-c5ccccc5)cccc34)nc3ccccc23)cc1. The topological polar surface area (TPSA) is 48.8 Å². The standard InChI is InChI=1S/C56H34N4O/c1-4-16-35(17-5-1)51-45-23-10-12-28-48(45)57-56(58-51)46-27-15-26-44-43-25-14-24-39(54(43)61-55(44)46)36-30-33-50-47(34-36)42-32-31-41-40-22-11-13-29-49(40)59(37-18-6-2-7-19-37)52(41)53(42)60(50)38-20-8-3-9-21-38/h1-34H.